The lowest BCUT2D eigenvalue weighted by Gasteiger charge is -2.11. The van der Waals surface area contributed by atoms with E-state index in [0.29, 0.717) is 0 Å². The van der Waals surface area contributed by atoms with Gasteiger partial charge in [-0.1, -0.05) is 23.2 Å². The zero-order valence-corrected chi connectivity index (χ0v) is 10.2. The number of rotatable bonds is 3. The van der Waals surface area contributed by atoms with Gasteiger partial charge in [0.1, 0.15) is 0 Å². The van der Waals surface area contributed by atoms with E-state index >= 15 is 0 Å². The molecule has 1 fully saturated rings. The summed E-state index contributed by atoms with van der Waals surface area (Å²) in [6, 6.07) is 2.71. The average molecular weight is 274 g/mol. The summed E-state index contributed by atoms with van der Waals surface area (Å²) in [6.07, 6.45) is 1.65. The quantitative estimate of drug-likeness (QED) is 0.890. The van der Waals surface area contributed by atoms with E-state index in [9.17, 15) is 9.59 Å². The molecule has 1 saturated carbocycles. The first-order valence-corrected chi connectivity index (χ1v) is 5.78. The Morgan fingerprint density at radius 3 is 2.47 bits per heavy atom. The van der Waals surface area contributed by atoms with Gasteiger partial charge in [-0.15, -0.1) is 0 Å². The van der Waals surface area contributed by atoms with Gasteiger partial charge in [-0.25, -0.2) is 4.79 Å². The summed E-state index contributed by atoms with van der Waals surface area (Å²) in [6.45, 7) is 0. The third-order valence-corrected chi connectivity index (χ3v) is 3.33. The third-order valence-electron chi connectivity index (χ3n) is 2.52. The Morgan fingerprint density at radius 1 is 1.29 bits per heavy atom. The van der Waals surface area contributed by atoms with Gasteiger partial charge in [0.25, 0.3) is 0 Å². The number of aromatic carboxylic acids is 1. The van der Waals surface area contributed by atoms with Gasteiger partial charge in [-0.2, -0.15) is 0 Å². The van der Waals surface area contributed by atoms with Crippen molar-refractivity contribution in [2.75, 3.05) is 5.32 Å². The molecule has 6 heteroatoms. The van der Waals surface area contributed by atoms with Crippen LogP contribution in [0.1, 0.15) is 23.2 Å². The van der Waals surface area contributed by atoms with E-state index in [1.807, 2.05) is 0 Å². The Hall–Kier alpha value is -1.26. The normalized spacial score (nSPS) is 14.5. The number of nitrogens with one attached hydrogen (secondary N) is 1. The molecule has 0 aliphatic heterocycles. The van der Waals surface area contributed by atoms with Crippen molar-refractivity contribution in [3.8, 4) is 0 Å². The smallest absolute Gasteiger partial charge is 0.337 e. The van der Waals surface area contributed by atoms with Crippen molar-refractivity contribution >= 4 is 40.8 Å². The lowest BCUT2D eigenvalue weighted by atomic mass is 10.1. The van der Waals surface area contributed by atoms with Crippen molar-refractivity contribution in [1.82, 2.24) is 0 Å². The number of amides is 1. The molecule has 1 aliphatic rings. The molecule has 0 heterocycles. The number of carboxylic acids is 1. The third kappa shape index (κ3) is 2.53. The second-order valence-corrected chi connectivity index (χ2v) is 4.64. The molecule has 0 atom stereocenters. The number of benzene rings is 1. The highest BCUT2D eigenvalue weighted by molar-refractivity contribution is 6.44. The van der Waals surface area contributed by atoms with E-state index in [0.717, 1.165) is 12.8 Å². The van der Waals surface area contributed by atoms with Crippen molar-refractivity contribution in [3.05, 3.63) is 27.7 Å². The molecule has 1 amide bonds. The summed E-state index contributed by atoms with van der Waals surface area (Å²) in [5, 5.41) is 11.8. The van der Waals surface area contributed by atoms with Crippen molar-refractivity contribution in [2.45, 2.75) is 12.8 Å². The molecule has 0 saturated heterocycles. The van der Waals surface area contributed by atoms with Crippen LogP contribution in [-0.4, -0.2) is 17.0 Å². The Labute approximate surface area is 108 Å². The fourth-order valence-electron chi connectivity index (χ4n) is 1.42. The second kappa shape index (κ2) is 4.55. The minimum absolute atomic E-state index is 0.0355. The SMILES string of the molecule is O=C(O)c1ccc(Cl)c(Cl)c1NC(=O)C1CC1. The van der Waals surface area contributed by atoms with Crippen LogP contribution in [0.5, 0.6) is 0 Å². The first kappa shape index (κ1) is 12.2. The monoisotopic (exact) mass is 273 g/mol. The standard InChI is InChI=1S/C11H9Cl2NO3/c12-7-4-3-6(11(16)17)9(8(7)13)14-10(15)5-1-2-5/h3-5H,1-2H2,(H,14,15)(H,16,17). The van der Waals surface area contributed by atoms with E-state index < -0.39 is 5.97 Å². The molecule has 0 bridgehead atoms. The van der Waals surface area contributed by atoms with E-state index in [1.165, 1.54) is 12.1 Å². The van der Waals surface area contributed by atoms with Crippen LogP contribution < -0.4 is 5.32 Å². The molecule has 17 heavy (non-hydrogen) atoms. The highest BCUT2D eigenvalue weighted by Crippen LogP contribution is 2.36. The summed E-state index contributed by atoms with van der Waals surface area (Å²) in [4.78, 5) is 22.6. The zero-order valence-electron chi connectivity index (χ0n) is 8.67. The van der Waals surface area contributed by atoms with Crippen molar-refractivity contribution < 1.29 is 14.7 Å². The highest BCUT2D eigenvalue weighted by atomic mass is 35.5. The molecule has 90 valence electrons. The molecule has 1 aromatic carbocycles. The summed E-state index contributed by atoms with van der Waals surface area (Å²) in [5.41, 5.74) is 0.0111. The maximum atomic E-state index is 11.6. The van der Waals surface area contributed by atoms with Gasteiger partial charge in [-0.3, -0.25) is 4.79 Å². The van der Waals surface area contributed by atoms with Gasteiger partial charge in [-0.05, 0) is 25.0 Å². The predicted octanol–water partition coefficient (Wildman–Crippen LogP) is 3.04. The number of hydrogen-bond acceptors (Lipinski definition) is 2. The molecular formula is C11H9Cl2NO3. The molecule has 0 radical (unpaired) electrons. The van der Waals surface area contributed by atoms with Crippen LogP contribution in [0.2, 0.25) is 10.0 Å². The van der Waals surface area contributed by atoms with Crippen LogP contribution in [0.25, 0.3) is 0 Å². The summed E-state index contributed by atoms with van der Waals surface area (Å²) < 4.78 is 0. The molecule has 0 unspecified atom stereocenters. The largest absolute Gasteiger partial charge is 0.478 e. The summed E-state index contributed by atoms with van der Waals surface area (Å²) in [7, 11) is 0. The van der Waals surface area contributed by atoms with Gasteiger partial charge < -0.3 is 10.4 Å². The molecular weight excluding hydrogens is 265 g/mol. The number of carbonyl (C=O) groups is 2. The maximum Gasteiger partial charge on any atom is 0.337 e. The minimum Gasteiger partial charge on any atom is -0.478 e. The van der Waals surface area contributed by atoms with Crippen LogP contribution in [0.3, 0.4) is 0 Å². The van der Waals surface area contributed by atoms with Crippen LogP contribution in [0, 0.1) is 5.92 Å². The first-order valence-electron chi connectivity index (χ1n) is 5.03. The topological polar surface area (TPSA) is 66.4 Å². The number of anilines is 1. The van der Waals surface area contributed by atoms with Crippen LogP contribution in [0.15, 0.2) is 12.1 Å². The Balaban J connectivity index is 2.37. The lowest BCUT2D eigenvalue weighted by molar-refractivity contribution is -0.117. The first-order chi connectivity index (χ1) is 8.00. The van der Waals surface area contributed by atoms with Gasteiger partial charge in [0.15, 0.2) is 0 Å². The molecule has 1 aliphatic carbocycles. The average Bonchev–Trinajstić information content (AvgIpc) is 3.08. The van der Waals surface area contributed by atoms with Gasteiger partial charge in [0.05, 0.1) is 21.3 Å². The van der Waals surface area contributed by atoms with E-state index in [2.05, 4.69) is 5.32 Å². The number of hydrogen-bond donors (Lipinski definition) is 2. The number of carbonyl (C=O) groups excluding carboxylic acids is 1. The fourth-order valence-corrected chi connectivity index (χ4v) is 1.79. The number of carboxylic acid groups (broad SMARTS) is 1. The van der Waals surface area contributed by atoms with Crippen molar-refractivity contribution in [2.24, 2.45) is 5.92 Å². The molecule has 4 nitrogen and oxygen atoms in total. The predicted molar refractivity (Wildman–Crippen MR) is 64.8 cm³/mol. The van der Waals surface area contributed by atoms with Crippen molar-refractivity contribution in [1.29, 1.82) is 0 Å². The molecule has 2 rings (SSSR count). The van der Waals surface area contributed by atoms with Gasteiger partial charge >= 0.3 is 5.97 Å². The molecule has 1 aromatic rings. The summed E-state index contributed by atoms with van der Waals surface area (Å²) >= 11 is 11.7. The van der Waals surface area contributed by atoms with Crippen molar-refractivity contribution in [3.63, 3.8) is 0 Å². The zero-order chi connectivity index (χ0) is 12.6. The lowest BCUT2D eigenvalue weighted by Crippen LogP contribution is -2.16. The van der Waals surface area contributed by atoms with E-state index in [4.69, 9.17) is 28.3 Å². The Kier molecular flexibility index (Phi) is 3.26. The minimum atomic E-state index is -1.16. The molecule has 0 aromatic heterocycles. The van der Waals surface area contributed by atoms with E-state index in [-0.39, 0.29) is 33.1 Å². The summed E-state index contributed by atoms with van der Waals surface area (Å²) in [5.74, 6) is -1.40. The van der Waals surface area contributed by atoms with Crippen LogP contribution in [0.4, 0.5) is 5.69 Å². The van der Waals surface area contributed by atoms with Crippen LogP contribution in [-0.2, 0) is 4.79 Å². The maximum absolute atomic E-state index is 11.6. The Morgan fingerprint density at radius 2 is 1.94 bits per heavy atom. The Bertz CT molecular complexity index is 498. The molecule has 2 N–H and O–H groups in total. The van der Waals surface area contributed by atoms with Gasteiger partial charge in [0, 0.05) is 5.92 Å². The number of halogens is 2. The fraction of sp³-hybridized carbons (Fsp3) is 0.273. The second-order valence-electron chi connectivity index (χ2n) is 3.85. The molecule has 0 spiro atoms. The van der Waals surface area contributed by atoms with Crippen LogP contribution >= 0.6 is 23.2 Å². The highest BCUT2D eigenvalue weighted by Gasteiger charge is 2.31. The van der Waals surface area contributed by atoms with E-state index in [1.54, 1.807) is 0 Å². The van der Waals surface area contributed by atoms with Gasteiger partial charge in [0.2, 0.25) is 5.91 Å².